The summed E-state index contributed by atoms with van der Waals surface area (Å²) in [5.41, 5.74) is 2.96. The molecular weight excluding hydrogens is 258 g/mol. The highest BCUT2D eigenvalue weighted by Gasteiger charge is 2.24. The predicted molar refractivity (Wildman–Crippen MR) is 90.4 cm³/mol. The Morgan fingerprint density at radius 2 is 1.81 bits per heavy atom. The number of nitrogens with one attached hydrogen (secondary N) is 1. The summed E-state index contributed by atoms with van der Waals surface area (Å²) in [4.78, 5) is 0. The normalized spacial score (nSPS) is 19.8. The highest BCUT2D eigenvalue weighted by molar-refractivity contribution is 5.43. The maximum atomic E-state index is 6.15. The van der Waals surface area contributed by atoms with Gasteiger partial charge in [-0.1, -0.05) is 53.7 Å². The predicted octanol–water partition coefficient (Wildman–Crippen LogP) is 4.41. The molecule has 21 heavy (non-hydrogen) atoms. The van der Waals surface area contributed by atoms with Gasteiger partial charge in [0.15, 0.2) is 0 Å². The minimum Gasteiger partial charge on any atom is -0.492 e. The lowest BCUT2D eigenvalue weighted by molar-refractivity contribution is 0.270. The lowest BCUT2D eigenvalue weighted by atomic mass is 9.80. The Balaban J connectivity index is 2.23. The zero-order chi connectivity index (χ0) is 15.7. The molecule has 0 saturated carbocycles. The summed E-state index contributed by atoms with van der Waals surface area (Å²) >= 11 is 0. The monoisotopic (exact) mass is 289 g/mol. The van der Waals surface area contributed by atoms with Crippen molar-refractivity contribution in [3.8, 4) is 5.75 Å². The van der Waals surface area contributed by atoms with E-state index in [1.165, 1.54) is 24.0 Å². The van der Waals surface area contributed by atoms with Crippen LogP contribution in [0.4, 0.5) is 0 Å². The molecular formula is C19H31NO. The van der Waals surface area contributed by atoms with Crippen LogP contribution < -0.4 is 10.1 Å². The Hall–Kier alpha value is -1.02. The van der Waals surface area contributed by atoms with E-state index in [1.807, 2.05) is 0 Å². The van der Waals surface area contributed by atoms with Gasteiger partial charge >= 0.3 is 0 Å². The van der Waals surface area contributed by atoms with E-state index >= 15 is 0 Å². The zero-order valence-electron chi connectivity index (χ0n) is 14.5. The standard InChI is InChI=1S/C19H31NO/c1-18(2,3)14-9-10-17(16(12-14)19(4,5)6)21-13-15-8-7-11-20-15/h9-10,12,15,20H,7-8,11,13H2,1-6H3/t15-/m1/s1. The number of rotatable bonds is 3. The first-order chi connectivity index (χ1) is 9.68. The van der Waals surface area contributed by atoms with Crippen molar-refractivity contribution in [1.29, 1.82) is 0 Å². The lowest BCUT2D eigenvalue weighted by Crippen LogP contribution is -2.29. The van der Waals surface area contributed by atoms with Crippen LogP contribution in [0.1, 0.15) is 65.5 Å². The molecule has 1 atom stereocenters. The van der Waals surface area contributed by atoms with Gasteiger partial charge in [-0.25, -0.2) is 0 Å². The van der Waals surface area contributed by atoms with Crippen molar-refractivity contribution >= 4 is 0 Å². The molecule has 0 spiro atoms. The summed E-state index contributed by atoms with van der Waals surface area (Å²) in [5.74, 6) is 1.05. The van der Waals surface area contributed by atoms with Crippen LogP contribution >= 0.6 is 0 Å². The quantitative estimate of drug-likeness (QED) is 0.890. The van der Waals surface area contributed by atoms with Gasteiger partial charge in [-0.2, -0.15) is 0 Å². The molecule has 1 N–H and O–H groups in total. The molecule has 1 aromatic carbocycles. The van der Waals surface area contributed by atoms with Crippen molar-refractivity contribution in [3.63, 3.8) is 0 Å². The van der Waals surface area contributed by atoms with Crippen LogP contribution in [-0.2, 0) is 10.8 Å². The molecule has 2 nitrogen and oxygen atoms in total. The van der Waals surface area contributed by atoms with E-state index in [0.29, 0.717) is 6.04 Å². The molecule has 2 rings (SSSR count). The molecule has 0 aliphatic carbocycles. The maximum Gasteiger partial charge on any atom is 0.123 e. The Labute approximate surface area is 130 Å². The second-order valence-electron chi connectivity index (χ2n) is 8.32. The largest absolute Gasteiger partial charge is 0.492 e. The van der Waals surface area contributed by atoms with Crippen LogP contribution in [0.25, 0.3) is 0 Å². The van der Waals surface area contributed by atoms with Gasteiger partial charge in [0.25, 0.3) is 0 Å². The average molecular weight is 289 g/mol. The van der Waals surface area contributed by atoms with E-state index < -0.39 is 0 Å². The minimum absolute atomic E-state index is 0.0969. The van der Waals surface area contributed by atoms with Gasteiger partial charge in [-0.05, 0) is 47.4 Å². The zero-order valence-corrected chi connectivity index (χ0v) is 14.5. The molecule has 1 saturated heterocycles. The summed E-state index contributed by atoms with van der Waals surface area (Å²) < 4.78 is 6.15. The molecule has 0 unspecified atom stereocenters. The van der Waals surface area contributed by atoms with Crippen molar-refractivity contribution in [3.05, 3.63) is 29.3 Å². The van der Waals surface area contributed by atoms with Gasteiger partial charge in [0.2, 0.25) is 0 Å². The fraction of sp³-hybridized carbons (Fsp3) is 0.684. The Morgan fingerprint density at radius 1 is 1.10 bits per heavy atom. The van der Waals surface area contributed by atoms with Gasteiger partial charge in [-0.15, -0.1) is 0 Å². The first-order valence-electron chi connectivity index (χ1n) is 8.19. The molecule has 1 heterocycles. The van der Waals surface area contributed by atoms with Gasteiger partial charge in [-0.3, -0.25) is 0 Å². The van der Waals surface area contributed by atoms with Crippen LogP contribution in [0.2, 0.25) is 0 Å². The van der Waals surface area contributed by atoms with Crippen LogP contribution in [-0.4, -0.2) is 19.2 Å². The van der Waals surface area contributed by atoms with E-state index in [9.17, 15) is 0 Å². The van der Waals surface area contributed by atoms with Gasteiger partial charge in [0.05, 0.1) is 0 Å². The summed E-state index contributed by atoms with van der Waals surface area (Å²) in [6, 6.07) is 7.22. The van der Waals surface area contributed by atoms with Gasteiger partial charge in [0.1, 0.15) is 12.4 Å². The lowest BCUT2D eigenvalue weighted by Gasteiger charge is -2.27. The second kappa shape index (κ2) is 6.00. The molecule has 0 radical (unpaired) electrons. The third-order valence-electron chi connectivity index (χ3n) is 4.26. The van der Waals surface area contributed by atoms with Crippen LogP contribution in [0.3, 0.4) is 0 Å². The number of hydrogen-bond acceptors (Lipinski definition) is 2. The number of ether oxygens (including phenoxy) is 1. The van der Waals surface area contributed by atoms with Crippen LogP contribution in [0.15, 0.2) is 18.2 Å². The van der Waals surface area contributed by atoms with Crippen molar-refractivity contribution in [2.24, 2.45) is 0 Å². The van der Waals surface area contributed by atoms with Crippen molar-refractivity contribution in [2.75, 3.05) is 13.2 Å². The third kappa shape index (κ3) is 4.23. The maximum absolute atomic E-state index is 6.15. The summed E-state index contributed by atoms with van der Waals surface area (Å²) in [5, 5.41) is 3.50. The fourth-order valence-corrected chi connectivity index (χ4v) is 2.80. The SMILES string of the molecule is CC(C)(C)c1ccc(OC[C@H]2CCCN2)c(C(C)(C)C)c1. The molecule has 118 valence electrons. The van der Waals surface area contributed by atoms with Gasteiger partial charge < -0.3 is 10.1 Å². The van der Waals surface area contributed by atoms with E-state index in [2.05, 4.69) is 65.1 Å². The molecule has 0 bridgehead atoms. The van der Waals surface area contributed by atoms with Gasteiger partial charge in [0, 0.05) is 6.04 Å². The molecule has 1 fully saturated rings. The third-order valence-corrected chi connectivity index (χ3v) is 4.26. The highest BCUT2D eigenvalue weighted by Crippen LogP contribution is 2.35. The molecule has 1 aromatic rings. The van der Waals surface area contributed by atoms with E-state index in [0.717, 1.165) is 18.9 Å². The van der Waals surface area contributed by atoms with Crippen molar-refractivity contribution < 1.29 is 4.74 Å². The molecule has 0 aromatic heterocycles. The van der Waals surface area contributed by atoms with E-state index in [-0.39, 0.29) is 10.8 Å². The molecule has 1 aliphatic heterocycles. The Kier molecular flexibility index (Phi) is 4.67. The highest BCUT2D eigenvalue weighted by atomic mass is 16.5. The molecule has 0 amide bonds. The fourth-order valence-electron chi connectivity index (χ4n) is 2.80. The van der Waals surface area contributed by atoms with E-state index in [1.54, 1.807) is 0 Å². The van der Waals surface area contributed by atoms with Crippen molar-refractivity contribution in [2.45, 2.75) is 71.3 Å². The first kappa shape index (κ1) is 16.4. The number of benzene rings is 1. The smallest absolute Gasteiger partial charge is 0.123 e. The first-order valence-corrected chi connectivity index (χ1v) is 8.19. The van der Waals surface area contributed by atoms with Crippen molar-refractivity contribution in [1.82, 2.24) is 5.32 Å². The van der Waals surface area contributed by atoms with Crippen LogP contribution in [0, 0.1) is 0 Å². The van der Waals surface area contributed by atoms with E-state index in [4.69, 9.17) is 4.74 Å². The summed E-state index contributed by atoms with van der Waals surface area (Å²) in [7, 11) is 0. The summed E-state index contributed by atoms with van der Waals surface area (Å²) in [6.07, 6.45) is 2.49. The molecule has 1 aliphatic rings. The topological polar surface area (TPSA) is 21.3 Å². The Bertz CT molecular complexity index is 473. The number of hydrogen-bond donors (Lipinski definition) is 1. The minimum atomic E-state index is 0.0969. The van der Waals surface area contributed by atoms with Crippen LogP contribution in [0.5, 0.6) is 5.75 Å². The Morgan fingerprint density at radius 3 is 2.33 bits per heavy atom. The average Bonchev–Trinajstić information content (AvgIpc) is 2.87. The molecule has 2 heteroatoms. The second-order valence-corrected chi connectivity index (χ2v) is 8.32. The summed E-state index contributed by atoms with van der Waals surface area (Å²) in [6.45, 7) is 15.5.